The second-order valence-electron chi connectivity index (χ2n) is 2.93. The van der Waals surface area contributed by atoms with E-state index in [1.807, 2.05) is 11.8 Å². The van der Waals surface area contributed by atoms with E-state index < -0.39 is 0 Å². The van der Waals surface area contributed by atoms with Gasteiger partial charge in [-0.25, -0.2) is 0 Å². The first kappa shape index (κ1) is 7.22. The average Bonchev–Trinajstić information content (AvgIpc) is 2.30. The first-order valence-corrected chi connectivity index (χ1v) is 4.85. The molecule has 11 heavy (non-hydrogen) atoms. The summed E-state index contributed by atoms with van der Waals surface area (Å²) in [6.07, 6.45) is 4.44. The highest BCUT2D eigenvalue weighted by molar-refractivity contribution is 8.04. The molecule has 0 radical (unpaired) electrons. The van der Waals surface area contributed by atoms with Gasteiger partial charge in [0.05, 0.1) is 10.3 Å². The third-order valence-corrected chi connectivity index (χ3v) is 3.27. The molecule has 2 aliphatic heterocycles. The van der Waals surface area contributed by atoms with Gasteiger partial charge in [0.15, 0.2) is 0 Å². The summed E-state index contributed by atoms with van der Waals surface area (Å²) in [6.45, 7) is 2.91. The molecule has 1 fully saturated rings. The van der Waals surface area contributed by atoms with Crippen LogP contribution in [0.3, 0.4) is 0 Å². The van der Waals surface area contributed by atoms with Crippen LogP contribution in [-0.2, 0) is 4.79 Å². The topological polar surface area (TPSA) is 20.3 Å². The Labute approximate surface area is 70.6 Å². The predicted molar refractivity (Wildman–Crippen MR) is 46.1 cm³/mol. The number of nitrogens with zero attached hydrogens (tertiary/aromatic N) is 1. The van der Waals surface area contributed by atoms with Crippen molar-refractivity contribution in [2.75, 3.05) is 6.54 Å². The summed E-state index contributed by atoms with van der Waals surface area (Å²) < 4.78 is 0. The molecule has 1 amide bonds. The molecular formula is C8H11NOS. The maximum absolute atomic E-state index is 11.4. The highest BCUT2D eigenvalue weighted by Crippen LogP contribution is 2.37. The Morgan fingerprint density at radius 2 is 2.55 bits per heavy atom. The van der Waals surface area contributed by atoms with Gasteiger partial charge in [-0.05, 0) is 19.8 Å². The van der Waals surface area contributed by atoms with Gasteiger partial charge in [0.2, 0.25) is 5.91 Å². The molecule has 1 atom stereocenters. The fourth-order valence-corrected chi connectivity index (χ4v) is 2.59. The van der Waals surface area contributed by atoms with Gasteiger partial charge in [-0.3, -0.25) is 4.79 Å². The van der Waals surface area contributed by atoms with E-state index in [0.29, 0.717) is 5.91 Å². The molecule has 0 aliphatic carbocycles. The van der Waals surface area contributed by atoms with Crippen LogP contribution in [0, 0.1) is 0 Å². The van der Waals surface area contributed by atoms with Crippen LogP contribution >= 0.6 is 11.8 Å². The van der Waals surface area contributed by atoms with Crippen LogP contribution in [0.5, 0.6) is 0 Å². The summed E-state index contributed by atoms with van der Waals surface area (Å²) in [6, 6.07) is 0. The molecule has 3 heteroatoms. The zero-order chi connectivity index (χ0) is 7.84. The molecule has 60 valence electrons. The fraction of sp³-hybridized carbons (Fsp3) is 0.625. The van der Waals surface area contributed by atoms with Crippen molar-refractivity contribution in [3.8, 4) is 0 Å². The van der Waals surface area contributed by atoms with Crippen molar-refractivity contribution >= 4 is 17.7 Å². The lowest BCUT2D eigenvalue weighted by molar-refractivity contribution is -0.127. The number of hydrogen-bond donors (Lipinski definition) is 0. The average molecular weight is 169 g/mol. The first-order valence-electron chi connectivity index (χ1n) is 3.97. The second-order valence-corrected chi connectivity index (χ2v) is 4.30. The van der Waals surface area contributed by atoms with E-state index in [1.54, 1.807) is 11.8 Å². The molecular weight excluding hydrogens is 158 g/mol. The fourth-order valence-electron chi connectivity index (χ4n) is 1.48. The molecule has 0 N–H and O–H groups in total. The number of allylic oxidation sites excluding steroid dienone is 1. The van der Waals surface area contributed by atoms with Gasteiger partial charge >= 0.3 is 0 Å². The smallest absolute Gasteiger partial charge is 0.240 e. The minimum absolute atomic E-state index is 0.152. The van der Waals surface area contributed by atoms with E-state index in [1.165, 1.54) is 5.03 Å². The minimum atomic E-state index is 0.152. The van der Waals surface area contributed by atoms with Crippen molar-refractivity contribution in [1.82, 2.24) is 4.90 Å². The number of rotatable bonds is 0. The summed E-state index contributed by atoms with van der Waals surface area (Å²) in [5, 5.41) is 1.34. The molecule has 2 nitrogen and oxygen atoms in total. The van der Waals surface area contributed by atoms with E-state index in [0.717, 1.165) is 19.4 Å². The van der Waals surface area contributed by atoms with Crippen LogP contribution in [0.15, 0.2) is 11.1 Å². The Bertz CT molecular complexity index is 224. The molecule has 0 saturated carbocycles. The van der Waals surface area contributed by atoms with Crippen LogP contribution in [0.25, 0.3) is 0 Å². The third-order valence-electron chi connectivity index (χ3n) is 2.08. The minimum Gasteiger partial charge on any atom is -0.306 e. The van der Waals surface area contributed by atoms with Crippen molar-refractivity contribution in [3.05, 3.63) is 11.1 Å². The molecule has 0 bridgehead atoms. The van der Waals surface area contributed by atoms with Crippen LogP contribution < -0.4 is 0 Å². The molecule has 0 aromatic rings. The van der Waals surface area contributed by atoms with Crippen molar-refractivity contribution in [2.24, 2.45) is 0 Å². The number of thioether (sulfide) groups is 1. The molecule has 0 aromatic heterocycles. The van der Waals surface area contributed by atoms with E-state index >= 15 is 0 Å². The Balaban J connectivity index is 2.26. The molecule has 2 aliphatic rings. The predicted octanol–water partition coefficient (Wildman–Crippen LogP) is 1.59. The second kappa shape index (κ2) is 2.55. The highest BCUT2D eigenvalue weighted by atomic mass is 32.2. The molecule has 2 rings (SSSR count). The number of fused-ring (bicyclic) bond motifs is 1. The quantitative estimate of drug-likeness (QED) is 0.549. The lowest BCUT2D eigenvalue weighted by Gasteiger charge is -2.20. The van der Waals surface area contributed by atoms with Crippen molar-refractivity contribution in [3.63, 3.8) is 0 Å². The van der Waals surface area contributed by atoms with Crippen LogP contribution in [0.2, 0.25) is 0 Å². The Kier molecular flexibility index (Phi) is 1.68. The van der Waals surface area contributed by atoms with Gasteiger partial charge in [0, 0.05) is 6.54 Å². The largest absolute Gasteiger partial charge is 0.306 e. The van der Waals surface area contributed by atoms with Crippen LogP contribution in [-0.4, -0.2) is 22.6 Å². The summed E-state index contributed by atoms with van der Waals surface area (Å²) in [5.41, 5.74) is 0. The molecule has 1 saturated heterocycles. The lowest BCUT2D eigenvalue weighted by Crippen LogP contribution is -2.29. The standard InChI is InChI=1S/C8H11NOS/c1-6-8(10)9-5-3-2-4-7(9)11-6/h4,6H,2-3,5H2,1H3. The third kappa shape index (κ3) is 1.07. The van der Waals surface area contributed by atoms with Crippen LogP contribution in [0.4, 0.5) is 0 Å². The summed E-state index contributed by atoms with van der Waals surface area (Å²) in [5.74, 6) is 0.293. The van der Waals surface area contributed by atoms with Crippen molar-refractivity contribution in [1.29, 1.82) is 0 Å². The van der Waals surface area contributed by atoms with E-state index in [4.69, 9.17) is 0 Å². The van der Waals surface area contributed by atoms with Crippen LogP contribution in [0.1, 0.15) is 19.8 Å². The summed E-state index contributed by atoms with van der Waals surface area (Å²) >= 11 is 1.70. The number of amides is 1. The Morgan fingerprint density at radius 1 is 1.73 bits per heavy atom. The zero-order valence-corrected chi connectivity index (χ0v) is 7.36. The molecule has 1 unspecified atom stereocenters. The zero-order valence-electron chi connectivity index (χ0n) is 6.54. The number of hydrogen-bond acceptors (Lipinski definition) is 2. The number of carbonyl (C=O) groups excluding carboxylic acids is 1. The molecule has 0 spiro atoms. The Hall–Kier alpha value is -0.440. The van der Waals surface area contributed by atoms with Gasteiger partial charge < -0.3 is 4.90 Å². The summed E-state index contributed by atoms with van der Waals surface area (Å²) in [4.78, 5) is 13.3. The number of carbonyl (C=O) groups is 1. The van der Waals surface area contributed by atoms with E-state index in [2.05, 4.69) is 6.08 Å². The maximum Gasteiger partial charge on any atom is 0.240 e. The molecule has 2 heterocycles. The van der Waals surface area contributed by atoms with Gasteiger partial charge in [0.1, 0.15) is 0 Å². The van der Waals surface area contributed by atoms with Gasteiger partial charge in [-0.1, -0.05) is 17.8 Å². The Morgan fingerprint density at radius 3 is 3.27 bits per heavy atom. The SMILES string of the molecule is CC1SC2=CCCCN2C1=O. The lowest BCUT2D eigenvalue weighted by atomic mass is 10.2. The molecule has 0 aromatic carbocycles. The maximum atomic E-state index is 11.4. The van der Waals surface area contributed by atoms with E-state index in [-0.39, 0.29) is 5.25 Å². The summed E-state index contributed by atoms with van der Waals surface area (Å²) in [7, 11) is 0. The van der Waals surface area contributed by atoms with Gasteiger partial charge in [-0.15, -0.1) is 0 Å². The monoisotopic (exact) mass is 169 g/mol. The van der Waals surface area contributed by atoms with Gasteiger partial charge in [0.25, 0.3) is 0 Å². The van der Waals surface area contributed by atoms with Crippen molar-refractivity contribution < 1.29 is 4.79 Å². The highest BCUT2D eigenvalue weighted by Gasteiger charge is 2.33. The van der Waals surface area contributed by atoms with E-state index in [9.17, 15) is 4.79 Å². The first-order chi connectivity index (χ1) is 5.29. The van der Waals surface area contributed by atoms with Crippen molar-refractivity contribution in [2.45, 2.75) is 25.0 Å². The van der Waals surface area contributed by atoms with Gasteiger partial charge in [-0.2, -0.15) is 0 Å². The normalized spacial score (nSPS) is 30.3.